The number of benzene rings is 7. The van der Waals surface area contributed by atoms with Gasteiger partial charge in [0.05, 0.1) is 44.2 Å². The summed E-state index contributed by atoms with van der Waals surface area (Å²) in [5, 5.41) is 80.3. The molecule has 73 heavy (non-hydrogen) atoms. The Hall–Kier alpha value is -8.96. The van der Waals surface area contributed by atoms with Crippen molar-refractivity contribution in [3.63, 3.8) is 0 Å². The lowest BCUT2D eigenvalue weighted by Gasteiger charge is -2.13. The quantitative estimate of drug-likeness (QED) is 0.0115. The molecule has 0 fully saturated rings. The van der Waals surface area contributed by atoms with E-state index in [1.165, 1.54) is 24.3 Å². The Balaban J connectivity index is 1.28. The maximum atomic E-state index is 13.0. The van der Waals surface area contributed by atoms with Crippen LogP contribution in [-0.4, -0.2) is 85.0 Å². The summed E-state index contributed by atoms with van der Waals surface area (Å²) in [6, 6.07) is 15.7. The normalized spacial score (nSPS) is 13.0. The number of fused-ring (bicyclic) bond motifs is 2. The van der Waals surface area contributed by atoms with Crippen LogP contribution < -0.4 is 5.73 Å². The minimum atomic E-state index is -5.55. The van der Waals surface area contributed by atoms with Crippen molar-refractivity contribution in [1.29, 1.82) is 0 Å². The van der Waals surface area contributed by atoms with Gasteiger partial charge in [-0.3, -0.25) is 23.8 Å². The highest BCUT2D eigenvalue weighted by atomic mass is 32.2. The molecule has 0 aliphatic carbocycles. The smallest absolute Gasteiger partial charge is 0.335 e. The van der Waals surface area contributed by atoms with Crippen LogP contribution in [0.25, 0.3) is 21.5 Å². The largest absolute Gasteiger partial charge is 0.505 e. The number of azo groups is 4. The predicted molar refractivity (Wildman–Crippen MR) is 251 cm³/mol. The van der Waals surface area contributed by atoms with Crippen molar-refractivity contribution in [3.05, 3.63) is 118 Å². The summed E-state index contributed by atoms with van der Waals surface area (Å²) in [5.41, 5.74) is 0.903. The number of aromatic hydroxyl groups is 2. The molecule has 29 nitrogen and oxygen atoms in total. The van der Waals surface area contributed by atoms with Gasteiger partial charge >= 0.3 is 11.9 Å². The zero-order valence-corrected chi connectivity index (χ0v) is 38.8. The fourth-order valence-electron chi connectivity index (χ4n) is 6.65. The molecule has 0 spiro atoms. The molecule has 0 aromatic heterocycles. The SMILES string of the molecule is Nc1c(N=Nc2ccc3c(O)c(N=Nc4ccc(N=Nc5cc(C(=O)O)cc(C(=O)O)c5)cc4)c(S(=O)(=O)O)cc3c2S(=O)(=O)O)cc(S(=O)(=O)O)c2ccc(N=Nc3ccc([N+](=O)[O-])cc3S(=O)O)c(O)c12. The number of nitrogen functional groups attached to an aromatic ring is 1. The summed E-state index contributed by atoms with van der Waals surface area (Å²) in [6.07, 6.45) is 0. The van der Waals surface area contributed by atoms with Gasteiger partial charge in [0.1, 0.15) is 48.0 Å². The molecular formula is C40H26N10O19S4. The molecule has 0 saturated heterocycles. The van der Waals surface area contributed by atoms with Crippen LogP contribution in [0.3, 0.4) is 0 Å². The molecule has 374 valence electrons. The average Bonchev–Trinajstić information content (AvgIpc) is 3.31. The maximum Gasteiger partial charge on any atom is 0.335 e. The van der Waals surface area contributed by atoms with Crippen LogP contribution in [0.4, 0.5) is 56.9 Å². The van der Waals surface area contributed by atoms with Crippen LogP contribution in [0.15, 0.2) is 158 Å². The summed E-state index contributed by atoms with van der Waals surface area (Å²) in [5.74, 6) is -4.90. The number of phenols is 2. The molecule has 1 atom stereocenters. The average molecular weight is 1080 g/mol. The summed E-state index contributed by atoms with van der Waals surface area (Å²) in [4.78, 5) is 29.1. The van der Waals surface area contributed by atoms with E-state index in [-0.39, 0.29) is 33.9 Å². The Morgan fingerprint density at radius 3 is 1.60 bits per heavy atom. The molecule has 0 radical (unpaired) electrons. The van der Waals surface area contributed by atoms with Crippen molar-refractivity contribution in [2.45, 2.75) is 19.6 Å². The minimum Gasteiger partial charge on any atom is -0.505 e. The number of rotatable bonds is 15. The van der Waals surface area contributed by atoms with E-state index in [2.05, 4.69) is 40.9 Å². The lowest BCUT2D eigenvalue weighted by atomic mass is 10.1. The number of nitro benzene ring substituents is 1. The van der Waals surface area contributed by atoms with Gasteiger partial charge in [-0.2, -0.15) is 40.6 Å². The van der Waals surface area contributed by atoms with Gasteiger partial charge in [-0.25, -0.2) is 13.8 Å². The van der Waals surface area contributed by atoms with E-state index in [1.807, 2.05) is 0 Å². The van der Waals surface area contributed by atoms with Crippen molar-refractivity contribution in [2.75, 3.05) is 5.73 Å². The lowest BCUT2D eigenvalue weighted by molar-refractivity contribution is -0.385. The lowest BCUT2D eigenvalue weighted by Crippen LogP contribution is -2.03. The van der Waals surface area contributed by atoms with Gasteiger partial charge in [0.2, 0.25) is 0 Å². The van der Waals surface area contributed by atoms with Crippen LogP contribution in [0.1, 0.15) is 20.7 Å². The molecule has 0 saturated carbocycles. The summed E-state index contributed by atoms with van der Waals surface area (Å²) < 4.78 is 129. The van der Waals surface area contributed by atoms with Crippen LogP contribution >= 0.6 is 0 Å². The molecule has 0 aliphatic rings. The Labute approximate surface area is 408 Å². The van der Waals surface area contributed by atoms with Crippen molar-refractivity contribution < 1.29 is 82.6 Å². The Kier molecular flexibility index (Phi) is 14.0. The van der Waals surface area contributed by atoms with Crippen LogP contribution in [0.5, 0.6) is 11.5 Å². The van der Waals surface area contributed by atoms with E-state index in [0.717, 1.165) is 60.7 Å². The number of aromatic carboxylic acids is 2. The minimum absolute atomic E-state index is 0.0492. The van der Waals surface area contributed by atoms with E-state index in [0.29, 0.717) is 12.1 Å². The first kappa shape index (κ1) is 51.9. The van der Waals surface area contributed by atoms with Crippen molar-refractivity contribution in [3.8, 4) is 11.5 Å². The number of carbonyl (C=O) groups is 2. The molecule has 0 aliphatic heterocycles. The molecule has 7 aromatic rings. The monoisotopic (exact) mass is 1080 g/mol. The van der Waals surface area contributed by atoms with E-state index >= 15 is 0 Å². The topological polar surface area (TPSA) is 484 Å². The fraction of sp³-hybridized carbons (Fsp3) is 0. The number of non-ortho nitro benzene ring substituents is 1. The van der Waals surface area contributed by atoms with Crippen LogP contribution in [0, 0.1) is 10.1 Å². The third-order valence-electron chi connectivity index (χ3n) is 9.89. The second kappa shape index (κ2) is 19.7. The molecule has 7 aromatic carbocycles. The Morgan fingerprint density at radius 2 is 1.05 bits per heavy atom. The molecule has 0 heterocycles. The summed E-state index contributed by atoms with van der Waals surface area (Å²) in [7, 11) is -16.2. The standard InChI is InChI=1S/C40H26N10O19S4/c41-34-29(16-31(71(61,62)63)24-7-9-27(37(52)33(24)34)46-45-26-8-5-22(50(57)58)14-30(26)70(59)60)48-47-28-10-6-23-25(38(28)73(67,68)69)15-32(72(64,65)66)35(36(23)51)49-43-20-3-1-19(2-4-20)42-44-21-12-17(39(53)54)11-18(13-21)40(55)56/h1-16,51-52H,41H2,(H,53,54)(H,55,56)(H,59,60)(H,61,62,63)(H,64,65,66)(H,67,68,69). The first-order chi connectivity index (χ1) is 34.1. The highest BCUT2D eigenvalue weighted by Gasteiger charge is 2.29. The number of phenolic OH excluding ortho intramolecular Hbond substituents is 2. The van der Waals surface area contributed by atoms with Gasteiger partial charge < -0.3 is 30.7 Å². The molecular weight excluding hydrogens is 1050 g/mol. The first-order valence-electron chi connectivity index (χ1n) is 19.2. The number of nitrogens with zero attached hydrogens (tertiary/aromatic N) is 9. The molecule has 0 bridgehead atoms. The number of carboxylic acid groups (broad SMARTS) is 2. The van der Waals surface area contributed by atoms with Gasteiger partial charge in [0.15, 0.2) is 22.6 Å². The second-order valence-electron chi connectivity index (χ2n) is 14.5. The van der Waals surface area contributed by atoms with Crippen molar-refractivity contribution in [1.82, 2.24) is 0 Å². The third-order valence-corrected chi connectivity index (χ3v) is 13.3. The summed E-state index contributed by atoms with van der Waals surface area (Å²) >= 11 is -2.82. The zero-order valence-electron chi connectivity index (χ0n) is 35.5. The van der Waals surface area contributed by atoms with Gasteiger partial charge in [-0.05, 0) is 78.9 Å². The second-order valence-corrected chi connectivity index (χ2v) is 19.6. The van der Waals surface area contributed by atoms with E-state index in [4.69, 9.17) is 5.73 Å². The first-order valence-corrected chi connectivity index (χ1v) is 24.7. The van der Waals surface area contributed by atoms with Gasteiger partial charge in [0.25, 0.3) is 36.0 Å². The highest BCUT2D eigenvalue weighted by Crippen LogP contribution is 2.48. The van der Waals surface area contributed by atoms with E-state index in [9.17, 15) is 87.8 Å². The number of hydrogen-bond donors (Lipinski definition) is 9. The molecule has 7 rings (SSSR count). The van der Waals surface area contributed by atoms with Crippen molar-refractivity contribution >= 4 is 132 Å². The Morgan fingerprint density at radius 1 is 0.548 bits per heavy atom. The highest BCUT2D eigenvalue weighted by molar-refractivity contribution is 7.86. The molecule has 0 amide bonds. The Bertz CT molecular complexity index is 4030. The molecule has 33 heteroatoms. The maximum absolute atomic E-state index is 13.0. The number of hydrogen-bond acceptors (Lipinski definition) is 22. The number of carboxylic acids is 2. The van der Waals surface area contributed by atoms with E-state index in [1.54, 1.807) is 0 Å². The van der Waals surface area contributed by atoms with E-state index < -0.39 is 145 Å². The van der Waals surface area contributed by atoms with Crippen LogP contribution in [0.2, 0.25) is 0 Å². The number of anilines is 1. The molecule has 1 unspecified atom stereocenters. The van der Waals surface area contributed by atoms with Gasteiger partial charge in [0, 0.05) is 28.3 Å². The fourth-order valence-corrected chi connectivity index (χ4v) is 9.33. The molecule has 10 N–H and O–H groups in total. The van der Waals surface area contributed by atoms with Crippen LogP contribution in [-0.2, 0) is 41.4 Å². The van der Waals surface area contributed by atoms with Crippen molar-refractivity contribution in [2.24, 2.45) is 40.9 Å². The summed E-state index contributed by atoms with van der Waals surface area (Å²) in [6.45, 7) is 0. The predicted octanol–water partition coefficient (Wildman–Crippen LogP) is 9.27. The van der Waals surface area contributed by atoms with Gasteiger partial charge in [-0.1, -0.05) is 6.07 Å². The zero-order chi connectivity index (χ0) is 53.5. The number of nitrogens with two attached hydrogens (primary N) is 1. The third kappa shape index (κ3) is 11.0. The van der Waals surface area contributed by atoms with Gasteiger partial charge in [-0.15, -0.1) is 25.6 Å². The number of nitro groups is 1.